The Morgan fingerprint density at radius 1 is 1.15 bits per heavy atom. The molecule has 3 fully saturated rings. The molecule has 3 rings (SSSR count). The summed E-state index contributed by atoms with van der Waals surface area (Å²) in [6.07, 6.45) is 10.2. The predicted octanol–water partition coefficient (Wildman–Crippen LogP) is 3.67. The van der Waals surface area contributed by atoms with Crippen LogP contribution in [0.5, 0.6) is 0 Å². The van der Waals surface area contributed by atoms with E-state index in [4.69, 9.17) is 0 Å². The van der Waals surface area contributed by atoms with Gasteiger partial charge in [-0.2, -0.15) is 0 Å². The third-order valence-corrected chi connectivity index (χ3v) is 5.98. The second kappa shape index (κ2) is 5.96. The van der Waals surface area contributed by atoms with Gasteiger partial charge in [0.25, 0.3) is 0 Å². The van der Waals surface area contributed by atoms with Crippen LogP contribution in [0.25, 0.3) is 0 Å². The van der Waals surface area contributed by atoms with Crippen molar-refractivity contribution in [1.82, 2.24) is 10.2 Å². The van der Waals surface area contributed by atoms with E-state index in [1.807, 2.05) is 0 Å². The van der Waals surface area contributed by atoms with Crippen LogP contribution < -0.4 is 5.32 Å². The molecule has 0 radical (unpaired) electrons. The number of rotatable bonds is 5. The van der Waals surface area contributed by atoms with Gasteiger partial charge >= 0.3 is 0 Å². The largest absolute Gasteiger partial charge is 0.308 e. The van der Waals surface area contributed by atoms with Crippen molar-refractivity contribution >= 4 is 0 Å². The summed E-state index contributed by atoms with van der Waals surface area (Å²) in [5.74, 6) is 2.76. The van der Waals surface area contributed by atoms with E-state index in [1.165, 1.54) is 64.6 Å². The lowest BCUT2D eigenvalue weighted by Gasteiger charge is -2.48. The van der Waals surface area contributed by atoms with Crippen LogP contribution in [0.15, 0.2) is 0 Å². The Bertz CT molecular complexity index is 317. The molecule has 0 aromatic heterocycles. The third-order valence-electron chi connectivity index (χ3n) is 5.98. The summed E-state index contributed by atoms with van der Waals surface area (Å²) >= 11 is 0. The van der Waals surface area contributed by atoms with Crippen LogP contribution >= 0.6 is 0 Å². The third kappa shape index (κ3) is 3.39. The summed E-state index contributed by atoms with van der Waals surface area (Å²) < 4.78 is 0. The summed E-state index contributed by atoms with van der Waals surface area (Å²) in [4.78, 5) is 2.88. The molecule has 0 amide bonds. The van der Waals surface area contributed by atoms with E-state index in [2.05, 4.69) is 31.0 Å². The Morgan fingerprint density at radius 2 is 1.85 bits per heavy atom. The second-order valence-corrected chi connectivity index (χ2v) is 8.44. The Morgan fingerprint density at radius 3 is 2.45 bits per heavy atom. The second-order valence-electron chi connectivity index (χ2n) is 8.44. The summed E-state index contributed by atoms with van der Waals surface area (Å²) in [6.45, 7) is 11.1. The maximum absolute atomic E-state index is 3.93. The van der Waals surface area contributed by atoms with Crippen LogP contribution in [-0.4, -0.2) is 36.1 Å². The Kier molecular flexibility index (Phi) is 4.42. The molecule has 2 heteroatoms. The van der Waals surface area contributed by atoms with Crippen molar-refractivity contribution in [3.05, 3.63) is 0 Å². The minimum atomic E-state index is 0.409. The first-order chi connectivity index (χ1) is 9.57. The maximum Gasteiger partial charge on any atom is 0.0309 e. The summed E-state index contributed by atoms with van der Waals surface area (Å²) in [6, 6.07) is 0.780. The number of nitrogens with one attached hydrogen (secondary N) is 1. The van der Waals surface area contributed by atoms with Gasteiger partial charge in [0, 0.05) is 31.2 Å². The normalized spacial score (nSPS) is 36.9. The lowest BCUT2D eigenvalue weighted by Crippen LogP contribution is -2.64. The van der Waals surface area contributed by atoms with Crippen molar-refractivity contribution < 1.29 is 0 Å². The van der Waals surface area contributed by atoms with Crippen LogP contribution in [0.1, 0.15) is 65.7 Å². The summed E-state index contributed by atoms with van der Waals surface area (Å²) in [7, 11) is 0. The molecule has 116 valence electrons. The zero-order chi connectivity index (χ0) is 14.2. The van der Waals surface area contributed by atoms with Crippen molar-refractivity contribution in [2.45, 2.75) is 77.3 Å². The predicted molar refractivity (Wildman–Crippen MR) is 85.9 cm³/mol. The minimum absolute atomic E-state index is 0.409. The molecule has 1 aliphatic heterocycles. The molecule has 1 heterocycles. The summed E-state index contributed by atoms with van der Waals surface area (Å²) in [5.41, 5.74) is 0.409. The van der Waals surface area contributed by atoms with E-state index in [9.17, 15) is 0 Å². The molecule has 2 nitrogen and oxygen atoms in total. The van der Waals surface area contributed by atoms with Crippen molar-refractivity contribution in [2.75, 3.05) is 19.6 Å². The van der Waals surface area contributed by atoms with Gasteiger partial charge in [0.1, 0.15) is 0 Å². The highest BCUT2D eigenvalue weighted by Gasteiger charge is 2.46. The highest BCUT2D eigenvalue weighted by atomic mass is 15.3. The molecule has 0 spiro atoms. The van der Waals surface area contributed by atoms with Crippen LogP contribution in [0.4, 0.5) is 0 Å². The van der Waals surface area contributed by atoms with Gasteiger partial charge in [0.05, 0.1) is 0 Å². The van der Waals surface area contributed by atoms with E-state index < -0.39 is 0 Å². The fourth-order valence-electron chi connectivity index (χ4n) is 4.60. The number of hydrogen-bond donors (Lipinski definition) is 1. The van der Waals surface area contributed by atoms with Crippen molar-refractivity contribution in [3.8, 4) is 0 Å². The van der Waals surface area contributed by atoms with Crippen molar-refractivity contribution in [3.63, 3.8) is 0 Å². The number of hydrogen-bond acceptors (Lipinski definition) is 2. The molecule has 2 atom stereocenters. The fraction of sp³-hybridized carbons (Fsp3) is 1.00. The monoisotopic (exact) mass is 278 g/mol. The first-order valence-corrected chi connectivity index (χ1v) is 9.06. The molecule has 1 saturated heterocycles. The molecule has 3 aliphatic rings. The van der Waals surface area contributed by atoms with E-state index in [0.717, 1.165) is 23.8 Å². The van der Waals surface area contributed by atoms with Gasteiger partial charge in [-0.25, -0.2) is 0 Å². The Hall–Kier alpha value is -0.0800. The van der Waals surface area contributed by atoms with E-state index in [1.54, 1.807) is 0 Å². The molecule has 0 bridgehead atoms. The van der Waals surface area contributed by atoms with Crippen molar-refractivity contribution in [2.24, 2.45) is 17.8 Å². The van der Waals surface area contributed by atoms with E-state index in [0.29, 0.717) is 5.54 Å². The van der Waals surface area contributed by atoms with Gasteiger partial charge < -0.3 is 5.32 Å². The van der Waals surface area contributed by atoms with Gasteiger partial charge in [0.15, 0.2) is 0 Å². The minimum Gasteiger partial charge on any atom is -0.308 e. The molecule has 2 aliphatic carbocycles. The molecular formula is C18H34N2. The lowest BCUT2D eigenvalue weighted by atomic mass is 9.88. The first kappa shape index (κ1) is 14.8. The van der Waals surface area contributed by atoms with Gasteiger partial charge in [-0.3, -0.25) is 4.90 Å². The number of piperazine rings is 1. The van der Waals surface area contributed by atoms with Gasteiger partial charge in [0.2, 0.25) is 0 Å². The molecule has 2 unspecified atom stereocenters. The molecular weight excluding hydrogens is 244 g/mol. The average molecular weight is 278 g/mol. The smallest absolute Gasteiger partial charge is 0.0309 e. The first-order valence-electron chi connectivity index (χ1n) is 9.06. The SMILES string of the molecule is CC(C)CC1CNC(C)(C2CC2)CN1CC1CCCC1. The van der Waals surface area contributed by atoms with E-state index >= 15 is 0 Å². The molecule has 0 aromatic rings. The highest BCUT2D eigenvalue weighted by Crippen LogP contribution is 2.42. The van der Waals surface area contributed by atoms with E-state index in [-0.39, 0.29) is 0 Å². The van der Waals surface area contributed by atoms with Gasteiger partial charge in [-0.1, -0.05) is 26.7 Å². The lowest BCUT2D eigenvalue weighted by molar-refractivity contribution is 0.0520. The van der Waals surface area contributed by atoms with Crippen LogP contribution in [0.3, 0.4) is 0 Å². The number of nitrogens with zero attached hydrogens (tertiary/aromatic N) is 1. The van der Waals surface area contributed by atoms with Crippen molar-refractivity contribution in [1.29, 1.82) is 0 Å². The Balaban J connectivity index is 1.64. The maximum atomic E-state index is 3.93. The molecule has 0 aromatic carbocycles. The zero-order valence-corrected chi connectivity index (χ0v) is 13.8. The fourth-order valence-corrected chi connectivity index (χ4v) is 4.60. The quantitative estimate of drug-likeness (QED) is 0.825. The standard InChI is InChI=1S/C18H34N2/c1-14(2)10-17-11-19-18(3,16-8-9-16)13-20(17)12-15-6-4-5-7-15/h14-17,19H,4-13H2,1-3H3. The van der Waals surface area contributed by atoms with Crippen LogP contribution in [0.2, 0.25) is 0 Å². The highest BCUT2D eigenvalue weighted by molar-refractivity contribution is 5.04. The van der Waals surface area contributed by atoms with Crippen LogP contribution in [0, 0.1) is 17.8 Å². The molecule has 2 saturated carbocycles. The topological polar surface area (TPSA) is 15.3 Å². The molecule has 20 heavy (non-hydrogen) atoms. The van der Waals surface area contributed by atoms with Gasteiger partial charge in [-0.05, 0) is 56.8 Å². The molecule has 1 N–H and O–H groups in total. The van der Waals surface area contributed by atoms with Gasteiger partial charge in [-0.15, -0.1) is 0 Å². The summed E-state index contributed by atoms with van der Waals surface area (Å²) in [5, 5.41) is 3.93. The zero-order valence-electron chi connectivity index (χ0n) is 13.8. The average Bonchev–Trinajstić information content (AvgIpc) is 3.13. The Labute approximate surface area is 125 Å². The van der Waals surface area contributed by atoms with Crippen LogP contribution in [-0.2, 0) is 0 Å².